The molecular formula is C17H26F2N4O6. The Bertz CT molecular complexity index is 844. The minimum atomic E-state index is -3.52. The maximum atomic E-state index is 14.2. The van der Waals surface area contributed by atoms with Crippen LogP contribution in [0.25, 0.3) is 0 Å². The van der Waals surface area contributed by atoms with Crippen LogP contribution in [0.15, 0.2) is 15.8 Å². The molecule has 10 nitrogen and oxygen atoms in total. The SMILES string of the molecule is Cc1cn(CC(=O)N(CCO)CC(F)(F)CNC(=O)OC(C)(C)C)c(=O)[nH]c1=O. The van der Waals surface area contributed by atoms with Gasteiger partial charge in [0.25, 0.3) is 11.5 Å². The Morgan fingerprint density at radius 1 is 1.31 bits per heavy atom. The number of aromatic amines is 1. The van der Waals surface area contributed by atoms with Crippen molar-refractivity contribution in [1.29, 1.82) is 0 Å². The monoisotopic (exact) mass is 420 g/mol. The summed E-state index contributed by atoms with van der Waals surface area (Å²) in [5, 5.41) is 11.0. The topological polar surface area (TPSA) is 134 Å². The number of aliphatic hydroxyl groups is 1. The molecular weight excluding hydrogens is 394 g/mol. The molecule has 0 bridgehead atoms. The van der Waals surface area contributed by atoms with Crippen molar-refractivity contribution in [3.05, 3.63) is 32.6 Å². The lowest BCUT2D eigenvalue weighted by atomic mass is 10.2. The highest BCUT2D eigenvalue weighted by molar-refractivity contribution is 5.76. The van der Waals surface area contributed by atoms with Crippen molar-refractivity contribution >= 4 is 12.0 Å². The van der Waals surface area contributed by atoms with E-state index in [-0.39, 0.29) is 5.56 Å². The molecule has 29 heavy (non-hydrogen) atoms. The number of alkyl carbamates (subject to hydrolysis) is 1. The van der Waals surface area contributed by atoms with Gasteiger partial charge in [-0.2, -0.15) is 0 Å². The molecule has 0 aromatic carbocycles. The van der Waals surface area contributed by atoms with Crippen molar-refractivity contribution in [2.24, 2.45) is 0 Å². The van der Waals surface area contributed by atoms with E-state index in [1.54, 1.807) is 20.8 Å². The fourth-order valence-corrected chi connectivity index (χ4v) is 2.25. The average molecular weight is 420 g/mol. The molecule has 1 aromatic heterocycles. The number of carbonyl (C=O) groups excluding carboxylic acids is 2. The van der Waals surface area contributed by atoms with E-state index in [4.69, 9.17) is 9.84 Å². The standard InChI is InChI=1S/C17H26F2N4O6/c1-11-7-23(14(27)21-13(11)26)8-12(25)22(5-6-24)10-17(18,19)9-20-15(28)29-16(2,3)4/h7,24H,5-6,8-10H2,1-4H3,(H,20,28)(H,21,26,27). The zero-order valence-corrected chi connectivity index (χ0v) is 16.8. The number of amides is 2. The Hall–Kier alpha value is -2.76. The van der Waals surface area contributed by atoms with Crippen LogP contribution < -0.4 is 16.6 Å². The first-order valence-electron chi connectivity index (χ1n) is 8.78. The molecule has 164 valence electrons. The number of halogens is 2. The van der Waals surface area contributed by atoms with Crippen LogP contribution in [0.2, 0.25) is 0 Å². The predicted octanol–water partition coefficient (Wildman–Crippen LogP) is -0.174. The highest BCUT2D eigenvalue weighted by Gasteiger charge is 2.34. The molecule has 3 N–H and O–H groups in total. The molecule has 12 heteroatoms. The number of rotatable bonds is 8. The molecule has 0 aliphatic carbocycles. The average Bonchev–Trinajstić information content (AvgIpc) is 2.56. The van der Waals surface area contributed by atoms with Gasteiger partial charge in [0.2, 0.25) is 5.91 Å². The molecule has 1 aromatic rings. The predicted molar refractivity (Wildman–Crippen MR) is 98.9 cm³/mol. The summed E-state index contributed by atoms with van der Waals surface area (Å²) in [6.07, 6.45) is 0.103. The lowest BCUT2D eigenvalue weighted by Gasteiger charge is -2.28. The number of H-pyrrole nitrogens is 1. The fraction of sp³-hybridized carbons (Fsp3) is 0.647. The van der Waals surface area contributed by atoms with Gasteiger partial charge in [0.05, 0.1) is 19.7 Å². The maximum absolute atomic E-state index is 14.2. The molecule has 0 aliphatic rings. The van der Waals surface area contributed by atoms with E-state index in [2.05, 4.69) is 0 Å². The van der Waals surface area contributed by atoms with Crippen LogP contribution in [-0.2, 0) is 16.1 Å². The van der Waals surface area contributed by atoms with E-state index < -0.39 is 67.6 Å². The van der Waals surface area contributed by atoms with Gasteiger partial charge in [-0.3, -0.25) is 19.1 Å². The van der Waals surface area contributed by atoms with Crippen LogP contribution in [0.3, 0.4) is 0 Å². The summed E-state index contributed by atoms with van der Waals surface area (Å²) in [7, 11) is 0. The number of aliphatic hydroxyl groups excluding tert-OH is 1. The summed E-state index contributed by atoms with van der Waals surface area (Å²) >= 11 is 0. The quantitative estimate of drug-likeness (QED) is 0.535. The summed E-state index contributed by atoms with van der Waals surface area (Å²) in [6, 6.07) is 0. The third kappa shape index (κ3) is 8.42. The first-order chi connectivity index (χ1) is 13.2. The van der Waals surface area contributed by atoms with Gasteiger partial charge in [-0.25, -0.2) is 18.4 Å². The van der Waals surface area contributed by atoms with Crippen LogP contribution in [0.4, 0.5) is 13.6 Å². The van der Waals surface area contributed by atoms with Gasteiger partial charge in [0.15, 0.2) is 0 Å². The highest BCUT2D eigenvalue weighted by Crippen LogP contribution is 2.15. The third-order valence-corrected chi connectivity index (χ3v) is 3.53. The van der Waals surface area contributed by atoms with Crippen molar-refractivity contribution < 1.29 is 28.2 Å². The first kappa shape index (κ1) is 24.3. The summed E-state index contributed by atoms with van der Waals surface area (Å²) in [5.41, 5.74) is -2.18. The molecule has 0 unspecified atom stereocenters. The van der Waals surface area contributed by atoms with E-state index in [9.17, 15) is 28.0 Å². The number of ether oxygens (including phenoxy) is 1. The Morgan fingerprint density at radius 3 is 2.48 bits per heavy atom. The van der Waals surface area contributed by atoms with E-state index in [0.29, 0.717) is 4.90 Å². The second-order valence-electron chi connectivity index (χ2n) is 7.45. The van der Waals surface area contributed by atoms with Gasteiger partial charge in [0, 0.05) is 18.3 Å². The van der Waals surface area contributed by atoms with Gasteiger partial charge in [-0.1, -0.05) is 0 Å². The van der Waals surface area contributed by atoms with Gasteiger partial charge < -0.3 is 20.1 Å². The summed E-state index contributed by atoms with van der Waals surface area (Å²) in [6.45, 7) is 2.37. The van der Waals surface area contributed by atoms with Crippen LogP contribution in [-0.4, -0.2) is 69.3 Å². The first-order valence-corrected chi connectivity index (χ1v) is 8.78. The van der Waals surface area contributed by atoms with Crippen molar-refractivity contribution in [3.8, 4) is 0 Å². The molecule has 0 fully saturated rings. The lowest BCUT2D eigenvalue weighted by Crippen LogP contribution is -2.49. The molecule has 0 aliphatic heterocycles. The zero-order chi connectivity index (χ0) is 22.4. The maximum Gasteiger partial charge on any atom is 0.407 e. The van der Waals surface area contributed by atoms with Gasteiger partial charge >= 0.3 is 11.8 Å². The van der Waals surface area contributed by atoms with Gasteiger partial charge in [0.1, 0.15) is 12.1 Å². The number of hydrogen-bond acceptors (Lipinski definition) is 6. The second kappa shape index (κ2) is 9.63. The molecule has 0 saturated carbocycles. The van der Waals surface area contributed by atoms with Crippen LogP contribution in [0.5, 0.6) is 0 Å². The van der Waals surface area contributed by atoms with E-state index in [0.717, 1.165) is 10.8 Å². The van der Waals surface area contributed by atoms with Crippen LogP contribution in [0, 0.1) is 6.92 Å². The summed E-state index contributed by atoms with van der Waals surface area (Å²) in [4.78, 5) is 49.7. The van der Waals surface area contributed by atoms with Gasteiger partial charge in [-0.15, -0.1) is 0 Å². The van der Waals surface area contributed by atoms with E-state index >= 15 is 0 Å². The molecule has 2 amide bonds. The lowest BCUT2D eigenvalue weighted by molar-refractivity contribution is -0.138. The highest BCUT2D eigenvalue weighted by atomic mass is 19.3. The molecule has 0 saturated heterocycles. The molecule has 1 rings (SSSR count). The number of aromatic nitrogens is 2. The van der Waals surface area contributed by atoms with E-state index in [1.165, 1.54) is 6.92 Å². The van der Waals surface area contributed by atoms with Crippen LogP contribution >= 0.6 is 0 Å². The van der Waals surface area contributed by atoms with Crippen molar-refractivity contribution in [3.63, 3.8) is 0 Å². The second-order valence-corrected chi connectivity index (χ2v) is 7.45. The Morgan fingerprint density at radius 2 is 1.93 bits per heavy atom. The molecule has 0 spiro atoms. The fourth-order valence-electron chi connectivity index (χ4n) is 2.25. The molecule has 0 atom stereocenters. The third-order valence-electron chi connectivity index (χ3n) is 3.53. The number of hydrogen-bond donors (Lipinski definition) is 3. The Kier molecular flexibility index (Phi) is 8.06. The normalized spacial score (nSPS) is 11.8. The zero-order valence-electron chi connectivity index (χ0n) is 16.8. The summed E-state index contributed by atoms with van der Waals surface area (Å²) < 4.78 is 34.2. The molecule has 0 radical (unpaired) electrons. The van der Waals surface area contributed by atoms with E-state index in [1.807, 2.05) is 10.3 Å². The van der Waals surface area contributed by atoms with Gasteiger partial charge in [-0.05, 0) is 27.7 Å². The number of alkyl halides is 2. The largest absolute Gasteiger partial charge is 0.444 e. The molecule has 1 heterocycles. The van der Waals surface area contributed by atoms with Crippen LogP contribution in [0.1, 0.15) is 26.3 Å². The number of aryl methyl sites for hydroxylation is 1. The number of carbonyl (C=O) groups is 2. The minimum Gasteiger partial charge on any atom is -0.444 e. The smallest absolute Gasteiger partial charge is 0.407 e. The number of nitrogens with zero attached hydrogens (tertiary/aromatic N) is 2. The van der Waals surface area contributed by atoms with Crippen molar-refractivity contribution in [2.45, 2.75) is 45.8 Å². The Balaban J connectivity index is 2.81. The van der Waals surface area contributed by atoms with Crippen molar-refractivity contribution in [1.82, 2.24) is 19.8 Å². The number of nitrogens with one attached hydrogen (secondary N) is 2. The Labute approximate surface area is 165 Å². The minimum absolute atomic E-state index is 0.165. The summed E-state index contributed by atoms with van der Waals surface area (Å²) in [5.74, 6) is -4.39. The van der Waals surface area contributed by atoms with Crippen molar-refractivity contribution in [2.75, 3.05) is 26.2 Å².